The highest BCUT2D eigenvalue weighted by atomic mass is 35.5. The Morgan fingerprint density at radius 1 is 1.25 bits per heavy atom. The molecule has 0 saturated heterocycles. The third-order valence-corrected chi connectivity index (χ3v) is 4.77. The summed E-state index contributed by atoms with van der Waals surface area (Å²) in [6.45, 7) is 0.642. The lowest BCUT2D eigenvalue weighted by atomic mass is 9.75. The van der Waals surface area contributed by atoms with Crippen molar-refractivity contribution < 1.29 is 9.90 Å². The summed E-state index contributed by atoms with van der Waals surface area (Å²) in [5.41, 5.74) is 0.724. The van der Waals surface area contributed by atoms with E-state index in [4.69, 9.17) is 11.6 Å². The SMILES string of the molecule is O=C(Cc1ccccc1O)NCC1(CCl)CCCCC1. The maximum atomic E-state index is 12.0. The van der Waals surface area contributed by atoms with E-state index in [1.54, 1.807) is 18.2 Å². The first-order valence-corrected chi connectivity index (χ1v) is 7.78. The molecule has 0 bridgehead atoms. The van der Waals surface area contributed by atoms with Crippen molar-refractivity contribution in [1.82, 2.24) is 5.32 Å². The maximum Gasteiger partial charge on any atom is 0.224 e. The van der Waals surface area contributed by atoms with E-state index in [1.165, 1.54) is 19.3 Å². The molecule has 1 amide bonds. The van der Waals surface area contributed by atoms with Gasteiger partial charge in [0.25, 0.3) is 0 Å². The molecule has 3 nitrogen and oxygen atoms in total. The van der Waals surface area contributed by atoms with Gasteiger partial charge in [0.2, 0.25) is 5.91 Å². The summed E-state index contributed by atoms with van der Waals surface area (Å²) in [5.74, 6) is 0.720. The number of benzene rings is 1. The molecule has 1 aliphatic rings. The molecule has 2 rings (SSSR count). The molecule has 1 fully saturated rings. The summed E-state index contributed by atoms with van der Waals surface area (Å²) in [5, 5.41) is 12.7. The lowest BCUT2D eigenvalue weighted by Crippen LogP contribution is -2.40. The van der Waals surface area contributed by atoms with Crippen molar-refractivity contribution >= 4 is 17.5 Å². The lowest BCUT2D eigenvalue weighted by Gasteiger charge is -2.35. The molecule has 4 heteroatoms. The summed E-state index contributed by atoms with van der Waals surface area (Å²) in [4.78, 5) is 12.0. The van der Waals surface area contributed by atoms with Crippen LogP contribution in [0, 0.1) is 5.41 Å². The van der Waals surface area contributed by atoms with Gasteiger partial charge in [0.15, 0.2) is 0 Å². The fraction of sp³-hybridized carbons (Fsp3) is 0.562. The number of hydrogen-bond acceptors (Lipinski definition) is 2. The Kier molecular flexibility index (Phi) is 5.30. The number of amides is 1. The van der Waals surface area contributed by atoms with E-state index in [1.807, 2.05) is 6.07 Å². The number of alkyl halides is 1. The number of carbonyl (C=O) groups is 1. The molecule has 0 unspecified atom stereocenters. The zero-order valence-corrected chi connectivity index (χ0v) is 12.5. The van der Waals surface area contributed by atoms with Crippen LogP contribution >= 0.6 is 11.6 Å². The van der Waals surface area contributed by atoms with Gasteiger partial charge in [0.05, 0.1) is 6.42 Å². The van der Waals surface area contributed by atoms with Gasteiger partial charge in [-0.1, -0.05) is 37.5 Å². The molecule has 110 valence electrons. The van der Waals surface area contributed by atoms with Gasteiger partial charge in [-0.2, -0.15) is 0 Å². The van der Waals surface area contributed by atoms with Crippen LogP contribution in [0.2, 0.25) is 0 Å². The van der Waals surface area contributed by atoms with E-state index in [0.717, 1.165) is 12.8 Å². The van der Waals surface area contributed by atoms with Crippen molar-refractivity contribution in [2.45, 2.75) is 38.5 Å². The zero-order chi connectivity index (χ0) is 14.4. The van der Waals surface area contributed by atoms with Crippen LogP contribution in [0.1, 0.15) is 37.7 Å². The number of phenolic OH excluding ortho intramolecular Hbond substituents is 1. The first kappa shape index (κ1) is 15.2. The molecule has 2 N–H and O–H groups in total. The number of carbonyl (C=O) groups excluding carboxylic acids is 1. The zero-order valence-electron chi connectivity index (χ0n) is 11.7. The smallest absolute Gasteiger partial charge is 0.224 e. The monoisotopic (exact) mass is 295 g/mol. The largest absolute Gasteiger partial charge is 0.508 e. The summed E-state index contributed by atoms with van der Waals surface area (Å²) >= 11 is 6.11. The summed E-state index contributed by atoms with van der Waals surface area (Å²) in [7, 11) is 0. The normalized spacial score (nSPS) is 17.6. The van der Waals surface area contributed by atoms with Crippen molar-refractivity contribution in [1.29, 1.82) is 0 Å². The fourth-order valence-corrected chi connectivity index (χ4v) is 3.20. The highest BCUT2D eigenvalue weighted by Gasteiger charge is 2.31. The third kappa shape index (κ3) is 3.89. The van der Waals surface area contributed by atoms with Gasteiger partial charge < -0.3 is 10.4 Å². The van der Waals surface area contributed by atoms with Crippen LogP contribution in [0.15, 0.2) is 24.3 Å². The van der Waals surface area contributed by atoms with Crippen LogP contribution in [-0.4, -0.2) is 23.4 Å². The summed E-state index contributed by atoms with van der Waals surface area (Å²) < 4.78 is 0. The molecule has 1 aliphatic carbocycles. The second-order valence-electron chi connectivity index (χ2n) is 5.78. The molecule has 20 heavy (non-hydrogen) atoms. The highest BCUT2D eigenvalue weighted by Crippen LogP contribution is 2.36. The van der Waals surface area contributed by atoms with Crippen LogP contribution in [0.5, 0.6) is 5.75 Å². The highest BCUT2D eigenvalue weighted by molar-refractivity contribution is 6.18. The molecular formula is C16H22ClNO2. The first-order valence-electron chi connectivity index (χ1n) is 7.25. The predicted molar refractivity (Wildman–Crippen MR) is 81.1 cm³/mol. The van der Waals surface area contributed by atoms with Gasteiger partial charge in [-0.3, -0.25) is 4.79 Å². The number of nitrogens with one attached hydrogen (secondary N) is 1. The molecule has 0 aromatic heterocycles. The van der Waals surface area contributed by atoms with Crippen LogP contribution < -0.4 is 5.32 Å². The average Bonchev–Trinajstić information content (AvgIpc) is 2.49. The Morgan fingerprint density at radius 3 is 2.60 bits per heavy atom. The van der Waals surface area contributed by atoms with Crippen molar-refractivity contribution in [3.8, 4) is 5.75 Å². The molecule has 0 heterocycles. The number of hydrogen-bond donors (Lipinski definition) is 2. The summed E-state index contributed by atoms with van der Waals surface area (Å²) in [6.07, 6.45) is 6.06. The third-order valence-electron chi connectivity index (χ3n) is 4.20. The van der Waals surface area contributed by atoms with Crippen LogP contribution in [0.25, 0.3) is 0 Å². The second-order valence-corrected chi connectivity index (χ2v) is 6.04. The molecular weight excluding hydrogens is 274 g/mol. The van der Waals surface area contributed by atoms with E-state index >= 15 is 0 Å². The minimum Gasteiger partial charge on any atom is -0.508 e. The number of rotatable bonds is 5. The quantitative estimate of drug-likeness (QED) is 0.819. The van der Waals surface area contributed by atoms with Gasteiger partial charge in [-0.15, -0.1) is 11.6 Å². The van der Waals surface area contributed by atoms with Gasteiger partial charge in [-0.05, 0) is 18.9 Å². The fourth-order valence-electron chi connectivity index (χ4n) is 2.84. The van der Waals surface area contributed by atoms with E-state index < -0.39 is 0 Å². The molecule has 1 aromatic rings. The van der Waals surface area contributed by atoms with E-state index in [2.05, 4.69) is 5.32 Å². The van der Waals surface area contributed by atoms with Gasteiger partial charge in [0.1, 0.15) is 5.75 Å². The first-order chi connectivity index (χ1) is 9.65. The Balaban J connectivity index is 1.87. The van der Waals surface area contributed by atoms with Crippen molar-refractivity contribution in [2.75, 3.05) is 12.4 Å². The number of halogens is 1. The van der Waals surface area contributed by atoms with E-state index in [9.17, 15) is 9.90 Å². The molecule has 0 atom stereocenters. The van der Waals surface area contributed by atoms with Gasteiger partial charge in [-0.25, -0.2) is 0 Å². The maximum absolute atomic E-state index is 12.0. The molecule has 1 aromatic carbocycles. The summed E-state index contributed by atoms with van der Waals surface area (Å²) in [6, 6.07) is 6.95. The van der Waals surface area contributed by atoms with Crippen LogP contribution in [0.4, 0.5) is 0 Å². The van der Waals surface area contributed by atoms with Crippen molar-refractivity contribution in [3.63, 3.8) is 0 Å². The molecule has 1 saturated carbocycles. The van der Waals surface area contributed by atoms with Crippen molar-refractivity contribution in [2.24, 2.45) is 5.41 Å². The van der Waals surface area contributed by atoms with Gasteiger partial charge >= 0.3 is 0 Å². The van der Waals surface area contributed by atoms with Crippen LogP contribution in [0.3, 0.4) is 0 Å². The predicted octanol–water partition coefficient (Wildman–Crippen LogP) is 3.24. The number of para-hydroxylation sites is 1. The topological polar surface area (TPSA) is 49.3 Å². The molecule has 0 radical (unpaired) electrons. The number of aromatic hydroxyl groups is 1. The Bertz CT molecular complexity index is 456. The lowest BCUT2D eigenvalue weighted by molar-refractivity contribution is -0.121. The minimum absolute atomic E-state index is 0.0541. The standard InChI is InChI=1S/C16H22ClNO2/c17-11-16(8-4-1-5-9-16)12-18-15(20)10-13-6-2-3-7-14(13)19/h2-3,6-7,19H,1,4-5,8-12H2,(H,18,20). The van der Waals surface area contributed by atoms with Crippen LogP contribution in [-0.2, 0) is 11.2 Å². The second kappa shape index (κ2) is 6.98. The van der Waals surface area contributed by atoms with E-state index in [0.29, 0.717) is 18.0 Å². The van der Waals surface area contributed by atoms with E-state index in [-0.39, 0.29) is 23.5 Å². The van der Waals surface area contributed by atoms with Gasteiger partial charge in [0, 0.05) is 23.4 Å². The average molecular weight is 296 g/mol. The Hall–Kier alpha value is -1.22. The molecule has 0 spiro atoms. The minimum atomic E-state index is -0.0541. The number of phenols is 1. The van der Waals surface area contributed by atoms with Crippen molar-refractivity contribution in [3.05, 3.63) is 29.8 Å². The Morgan fingerprint density at radius 2 is 1.95 bits per heavy atom. The molecule has 0 aliphatic heterocycles. The Labute approximate surface area is 125 Å².